The van der Waals surface area contributed by atoms with Crippen LogP contribution in [0.4, 0.5) is 0 Å². The van der Waals surface area contributed by atoms with Crippen molar-refractivity contribution in [2.75, 3.05) is 26.8 Å². The van der Waals surface area contributed by atoms with Crippen LogP contribution in [0.25, 0.3) is 0 Å². The van der Waals surface area contributed by atoms with E-state index in [1.54, 1.807) is 0 Å². The summed E-state index contributed by atoms with van der Waals surface area (Å²) in [7, 11) is -2.19. The van der Waals surface area contributed by atoms with Gasteiger partial charge in [0, 0.05) is 13.1 Å². The molecular formula is C23H30N2O5S. The predicted octanol–water partition coefficient (Wildman–Crippen LogP) is 3.76. The number of nitrogens with one attached hydrogen (secondary N) is 1. The molecular weight excluding hydrogens is 416 g/mol. The maximum Gasteiger partial charge on any atom is 0.255 e. The van der Waals surface area contributed by atoms with E-state index in [2.05, 4.69) is 5.32 Å². The molecule has 0 spiro atoms. The van der Waals surface area contributed by atoms with Crippen molar-refractivity contribution in [3.8, 4) is 11.5 Å². The van der Waals surface area contributed by atoms with Crippen LogP contribution < -0.4 is 14.8 Å². The number of amides is 1. The molecule has 0 aromatic heterocycles. The Morgan fingerprint density at radius 2 is 1.77 bits per heavy atom. The van der Waals surface area contributed by atoms with Gasteiger partial charge in [-0.2, -0.15) is 4.31 Å². The van der Waals surface area contributed by atoms with Gasteiger partial charge in [-0.15, -0.1) is 0 Å². The summed E-state index contributed by atoms with van der Waals surface area (Å²) in [5, 5.41) is 2.93. The van der Waals surface area contributed by atoms with E-state index in [9.17, 15) is 13.2 Å². The molecule has 0 bridgehead atoms. The molecule has 1 fully saturated rings. The number of nitrogens with zero attached hydrogens (tertiary/aromatic N) is 1. The first-order valence-electron chi connectivity index (χ1n) is 10.6. The lowest BCUT2D eigenvalue weighted by Gasteiger charge is -2.26. The second-order valence-corrected chi connectivity index (χ2v) is 9.46. The molecule has 1 atom stereocenters. The highest BCUT2D eigenvalue weighted by Crippen LogP contribution is 2.27. The Labute approximate surface area is 184 Å². The third-order valence-electron chi connectivity index (χ3n) is 5.41. The molecule has 0 unspecified atom stereocenters. The number of methoxy groups -OCH3 is 1. The monoisotopic (exact) mass is 446 g/mol. The molecule has 1 amide bonds. The molecule has 31 heavy (non-hydrogen) atoms. The van der Waals surface area contributed by atoms with E-state index in [0.717, 1.165) is 30.6 Å². The number of sulfonamides is 1. The summed E-state index contributed by atoms with van der Waals surface area (Å²) < 4.78 is 38.3. The summed E-state index contributed by atoms with van der Waals surface area (Å²) in [6.45, 7) is 5.38. The molecule has 0 aliphatic carbocycles. The molecule has 1 heterocycles. The van der Waals surface area contributed by atoms with E-state index in [0.29, 0.717) is 25.4 Å². The fraction of sp³-hybridized carbons (Fsp3) is 0.435. The number of ether oxygens (including phenoxy) is 2. The number of piperidine rings is 1. The van der Waals surface area contributed by atoms with Crippen molar-refractivity contribution in [2.45, 2.75) is 44.0 Å². The lowest BCUT2D eigenvalue weighted by molar-refractivity contribution is 0.0936. The third kappa shape index (κ3) is 5.37. The Balaban J connectivity index is 1.81. The molecule has 1 aliphatic rings. The molecule has 1 aliphatic heterocycles. The van der Waals surface area contributed by atoms with Crippen LogP contribution in [-0.2, 0) is 10.0 Å². The van der Waals surface area contributed by atoms with E-state index in [4.69, 9.17) is 9.47 Å². The second-order valence-electron chi connectivity index (χ2n) is 7.52. The summed E-state index contributed by atoms with van der Waals surface area (Å²) in [5.74, 6) is 0.699. The van der Waals surface area contributed by atoms with Crippen molar-refractivity contribution in [3.63, 3.8) is 0 Å². The second kappa shape index (κ2) is 10.2. The first kappa shape index (κ1) is 23.1. The van der Waals surface area contributed by atoms with Gasteiger partial charge in [0.2, 0.25) is 10.0 Å². The summed E-state index contributed by atoms with van der Waals surface area (Å²) in [6.07, 6.45) is 2.73. The number of carbonyl (C=O) groups is 1. The number of hydrogen-bond acceptors (Lipinski definition) is 5. The lowest BCUT2D eigenvalue weighted by atomic mass is 10.1. The van der Waals surface area contributed by atoms with E-state index in [1.807, 2.05) is 38.1 Å². The van der Waals surface area contributed by atoms with Crippen LogP contribution in [0, 0.1) is 0 Å². The zero-order chi connectivity index (χ0) is 22.4. The van der Waals surface area contributed by atoms with Gasteiger partial charge in [-0.25, -0.2) is 8.42 Å². The Bertz CT molecular complexity index is 999. The molecule has 1 N–H and O–H groups in total. The molecule has 3 rings (SSSR count). The van der Waals surface area contributed by atoms with E-state index in [-0.39, 0.29) is 16.5 Å². The van der Waals surface area contributed by atoms with Gasteiger partial charge in [0.1, 0.15) is 11.5 Å². The third-order valence-corrected chi connectivity index (χ3v) is 7.30. The van der Waals surface area contributed by atoms with E-state index >= 15 is 0 Å². The highest BCUT2D eigenvalue weighted by molar-refractivity contribution is 7.89. The summed E-state index contributed by atoms with van der Waals surface area (Å²) >= 11 is 0. The molecule has 0 saturated carbocycles. The van der Waals surface area contributed by atoms with Crippen LogP contribution in [0.5, 0.6) is 11.5 Å². The van der Waals surface area contributed by atoms with Gasteiger partial charge in [-0.05, 0) is 62.6 Å². The Morgan fingerprint density at radius 3 is 2.39 bits per heavy atom. The van der Waals surface area contributed by atoms with E-state index < -0.39 is 15.9 Å². The highest BCUT2D eigenvalue weighted by atomic mass is 32.2. The van der Waals surface area contributed by atoms with Crippen LogP contribution in [0.3, 0.4) is 0 Å². The zero-order valence-corrected chi connectivity index (χ0v) is 19.1. The lowest BCUT2D eigenvalue weighted by Crippen LogP contribution is -2.35. The molecule has 8 heteroatoms. The number of rotatable bonds is 8. The van der Waals surface area contributed by atoms with Crippen LogP contribution in [0.15, 0.2) is 47.4 Å². The summed E-state index contributed by atoms with van der Waals surface area (Å²) in [4.78, 5) is 13.1. The van der Waals surface area contributed by atoms with Crippen LogP contribution in [0.2, 0.25) is 0 Å². The van der Waals surface area contributed by atoms with Gasteiger partial charge in [-0.1, -0.05) is 18.6 Å². The Morgan fingerprint density at radius 1 is 1.10 bits per heavy atom. The number of hydrogen-bond donors (Lipinski definition) is 1. The van der Waals surface area contributed by atoms with Crippen molar-refractivity contribution in [1.82, 2.24) is 9.62 Å². The average Bonchev–Trinajstić information content (AvgIpc) is 2.79. The maximum absolute atomic E-state index is 13.0. The minimum absolute atomic E-state index is 0.106. The van der Waals surface area contributed by atoms with Crippen molar-refractivity contribution in [3.05, 3.63) is 53.6 Å². The van der Waals surface area contributed by atoms with Gasteiger partial charge in [0.15, 0.2) is 0 Å². The molecule has 2 aromatic carbocycles. The average molecular weight is 447 g/mol. The van der Waals surface area contributed by atoms with Crippen LogP contribution in [-0.4, -0.2) is 45.4 Å². The quantitative estimate of drug-likeness (QED) is 0.667. The van der Waals surface area contributed by atoms with Crippen molar-refractivity contribution < 1.29 is 22.7 Å². The van der Waals surface area contributed by atoms with Gasteiger partial charge in [0.05, 0.1) is 30.2 Å². The molecule has 7 nitrogen and oxygen atoms in total. The van der Waals surface area contributed by atoms with Crippen LogP contribution >= 0.6 is 0 Å². The minimum atomic E-state index is -3.65. The first-order chi connectivity index (χ1) is 14.9. The SMILES string of the molecule is CCOc1ccc([C@@H](C)NC(=O)c2cc(S(=O)(=O)N3CCCCC3)ccc2OC)cc1. The predicted molar refractivity (Wildman–Crippen MR) is 119 cm³/mol. The van der Waals surface area contributed by atoms with E-state index in [1.165, 1.54) is 29.6 Å². The van der Waals surface area contributed by atoms with Crippen LogP contribution in [0.1, 0.15) is 55.1 Å². The van der Waals surface area contributed by atoms with Crippen molar-refractivity contribution in [1.29, 1.82) is 0 Å². The largest absolute Gasteiger partial charge is 0.496 e. The van der Waals surface area contributed by atoms with Crippen molar-refractivity contribution >= 4 is 15.9 Å². The fourth-order valence-corrected chi connectivity index (χ4v) is 5.20. The Hall–Kier alpha value is -2.58. The van der Waals surface area contributed by atoms with Gasteiger partial charge in [0.25, 0.3) is 5.91 Å². The first-order valence-corrected chi connectivity index (χ1v) is 12.0. The van der Waals surface area contributed by atoms with Crippen molar-refractivity contribution in [2.24, 2.45) is 0 Å². The summed E-state index contributed by atoms with van der Waals surface area (Å²) in [6, 6.07) is 11.7. The Kier molecular flexibility index (Phi) is 7.56. The zero-order valence-electron chi connectivity index (χ0n) is 18.3. The van der Waals surface area contributed by atoms with Gasteiger partial charge >= 0.3 is 0 Å². The standard InChI is InChI=1S/C23H30N2O5S/c1-4-30-19-10-8-18(9-11-19)17(2)24-23(26)21-16-20(12-13-22(21)29-3)31(27,28)25-14-6-5-7-15-25/h8-13,16-17H,4-7,14-15H2,1-3H3,(H,24,26)/t17-/m1/s1. The number of carbonyl (C=O) groups excluding carboxylic acids is 1. The normalized spacial score (nSPS) is 15.8. The van der Waals surface area contributed by atoms with Gasteiger partial charge < -0.3 is 14.8 Å². The topological polar surface area (TPSA) is 84.9 Å². The number of benzene rings is 2. The highest BCUT2D eigenvalue weighted by Gasteiger charge is 2.28. The minimum Gasteiger partial charge on any atom is -0.496 e. The van der Waals surface area contributed by atoms with Gasteiger partial charge in [-0.3, -0.25) is 4.79 Å². The molecule has 168 valence electrons. The summed E-state index contributed by atoms with van der Waals surface area (Å²) in [5.41, 5.74) is 1.10. The molecule has 1 saturated heterocycles. The molecule has 2 aromatic rings. The molecule has 0 radical (unpaired) electrons. The fourth-order valence-electron chi connectivity index (χ4n) is 3.66. The maximum atomic E-state index is 13.0. The smallest absolute Gasteiger partial charge is 0.255 e.